The lowest BCUT2D eigenvalue weighted by Crippen LogP contribution is -2.15. The van der Waals surface area contributed by atoms with Crippen molar-refractivity contribution in [1.82, 2.24) is 4.84 Å². The fourth-order valence-corrected chi connectivity index (χ4v) is 2.17. The first-order valence-electron chi connectivity index (χ1n) is 5.93. The number of amides is 1. The largest absolute Gasteiger partial charge is 0.493 e. The van der Waals surface area contributed by atoms with Gasteiger partial charge in [-0.3, -0.25) is 9.63 Å². The van der Waals surface area contributed by atoms with Crippen molar-refractivity contribution in [3.8, 4) is 16.9 Å². The Morgan fingerprint density at radius 1 is 1.20 bits per heavy atom. The molecule has 0 saturated heterocycles. The highest BCUT2D eigenvalue weighted by Crippen LogP contribution is 2.35. The van der Waals surface area contributed by atoms with E-state index in [1.165, 1.54) is 13.2 Å². The van der Waals surface area contributed by atoms with E-state index < -0.39 is 11.7 Å². The fraction of sp³-hybridized carbons (Fsp3) is 0.133. The van der Waals surface area contributed by atoms with Gasteiger partial charge in [-0.2, -0.15) is 0 Å². The summed E-state index contributed by atoms with van der Waals surface area (Å²) in [4.78, 5) is 13.4. The van der Waals surface area contributed by atoms with Gasteiger partial charge in [-0.25, -0.2) is 4.39 Å². The van der Waals surface area contributed by atoms with Crippen LogP contribution in [-0.2, 0) is 0 Å². The molecule has 0 atom stereocenters. The van der Waals surface area contributed by atoms with Crippen LogP contribution in [0.25, 0.3) is 11.1 Å². The Morgan fingerprint density at radius 2 is 1.90 bits per heavy atom. The van der Waals surface area contributed by atoms with Crippen LogP contribution >= 0.6 is 11.8 Å². The predicted molar refractivity (Wildman–Crippen MR) is 76.4 cm³/mol. The van der Waals surface area contributed by atoms with Crippen LogP contribution in [0.1, 0.15) is 15.9 Å². The lowest BCUT2D eigenvalue weighted by molar-refractivity contribution is 0.0977. The smallest absolute Gasteiger partial charge is 0.268 e. The summed E-state index contributed by atoms with van der Waals surface area (Å²) in [6.45, 7) is 1.92. The molecule has 0 radical (unpaired) electrons. The van der Waals surface area contributed by atoms with Crippen molar-refractivity contribution >= 4 is 17.7 Å². The molecule has 20 heavy (non-hydrogen) atoms. The van der Waals surface area contributed by atoms with Crippen molar-refractivity contribution in [2.45, 2.75) is 6.92 Å². The highest BCUT2D eigenvalue weighted by Gasteiger charge is 2.20. The molecule has 0 aliphatic heterocycles. The van der Waals surface area contributed by atoms with Crippen molar-refractivity contribution in [3.63, 3.8) is 0 Å². The van der Waals surface area contributed by atoms with Crippen LogP contribution in [0.15, 0.2) is 36.4 Å². The second-order valence-corrected chi connectivity index (χ2v) is 4.44. The maximum Gasteiger partial charge on any atom is 0.268 e. The third-order valence-corrected chi connectivity index (χ3v) is 3.24. The van der Waals surface area contributed by atoms with Crippen LogP contribution in [-0.4, -0.2) is 13.0 Å². The second-order valence-electron chi connectivity index (χ2n) is 4.25. The zero-order valence-electron chi connectivity index (χ0n) is 11.0. The number of halogens is 2. The molecule has 0 heterocycles. The standard InChI is InChI=1S/C15H13ClFNO2/c1-9-5-3-4-6-10(9)11-7-8-12(15(19)18-16)13(17)14(11)20-2/h3-8H,1-2H3,(H,18,19). The van der Waals surface area contributed by atoms with E-state index >= 15 is 0 Å². The average molecular weight is 294 g/mol. The van der Waals surface area contributed by atoms with E-state index in [0.29, 0.717) is 5.56 Å². The van der Waals surface area contributed by atoms with Gasteiger partial charge in [-0.15, -0.1) is 0 Å². The summed E-state index contributed by atoms with van der Waals surface area (Å²) in [6, 6.07) is 10.6. The van der Waals surface area contributed by atoms with Crippen LogP contribution in [0, 0.1) is 12.7 Å². The molecule has 0 aliphatic rings. The molecule has 2 rings (SSSR count). The van der Waals surface area contributed by atoms with Gasteiger partial charge < -0.3 is 4.74 Å². The van der Waals surface area contributed by atoms with Gasteiger partial charge in [-0.1, -0.05) is 24.3 Å². The summed E-state index contributed by atoms with van der Waals surface area (Å²) in [7, 11) is 1.36. The van der Waals surface area contributed by atoms with Gasteiger partial charge in [0.05, 0.1) is 12.7 Å². The van der Waals surface area contributed by atoms with Gasteiger partial charge in [0, 0.05) is 17.3 Å². The van der Waals surface area contributed by atoms with Gasteiger partial charge in [0.2, 0.25) is 0 Å². The van der Waals surface area contributed by atoms with E-state index in [1.807, 2.05) is 36.0 Å². The molecule has 0 fully saturated rings. The van der Waals surface area contributed by atoms with Crippen molar-refractivity contribution in [3.05, 3.63) is 53.3 Å². The first-order chi connectivity index (χ1) is 9.60. The molecule has 0 spiro atoms. The fourth-order valence-electron chi connectivity index (χ4n) is 2.07. The van der Waals surface area contributed by atoms with Crippen LogP contribution in [0.2, 0.25) is 0 Å². The van der Waals surface area contributed by atoms with Gasteiger partial charge >= 0.3 is 0 Å². The Balaban J connectivity index is 2.65. The maximum absolute atomic E-state index is 14.3. The van der Waals surface area contributed by atoms with Crippen molar-refractivity contribution in [1.29, 1.82) is 0 Å². The highest BCUT2D eigenvalue weighted by atomic mass is 35.5. The third-order valence-electron chi connectivity index (χ3n) is 3.07. The van der Waals surface area contributed by atoms with E-state index in [9.17, 15) is 9.18 Å². The number of benzene rings is 2. The van der Waals surface area contributed by atoms with E-state index in [2.05, 4.69) is 0 Å². The Bertz CT molecular complexity index is 658. The minimum Gasteiger partial charge on any atom is -0.493 e. The van der Waals surface area contributed by atoms with Crippen molar-refractivity contribution in [2.24, 2.45) is 0 Å². The summed E-state index contributed by atoms with van der Waals surface area (Å²) in [6.07, 6.45) is 0. The number of rotatable bonds is 3. The van der Waals surface area contributed by atoms with Crippen molar-refractivity contribution < 1.29 is 13.9 Å². The van der Waals surface area contributed by atoms with Crippen LogP contribution in [0.3, 0.4) is 0 Å². The number of methoxy groups -OCH3 is 1. The second kappa shape index (κ2) is 5.92. The van der Waals surface area contributed by atoms with Gasteiger partial charge in [0.25, 0.3) is 5.91 Å². The molecule has 104 valence electrons. The number of hydrogen-bond acceptors (Lipinski definition) is 2. The molecule has 0 unspecified atom stereocenters. The topological polar surface area (TPSA) is 38.3 Å². The SMILES string of the molecule is COc1c(-c2ccccc2C)ccc(C(=O)NCl)c1F. The Hall–Kier alpha value is -2.07. The molecule has 5 heteroatoms. The number of carbonyl (C=O) groups excluding carboxylic acids is 1. The molecule has 0 bridgehead atoms. The van der Waals surface area contributed by atoms with Crippen LogP contribution in [0.4, 0.5) is 4.39 Å². The van der Waals surface area contributed by atoms with E-state index in [4.69, 9.17) is 16.5 Å². The zero-order chi connectivity index (χ0) is 14.7. The summed E-state index contributed by atoms with van der Waals surface area (Å²) in [5, 5.41) is 0. The molecule has 1 amide bonds. The summed E-state index contributed by atoms with van der Waals surface area (Å²) in [5.41, 5.74) is 2.27. The molecule has 0 aromatic heterocycles. The molecule has 3 nitrogen and oxygen atoms in total. The molecule has 0 aliphatic carbocycles. The quantitative estimate of drug-likeness (QED) is 0.877. The first kappa shape index (κ1) is 14.3. The first-order valence-corrected chi connectivity index (χ1v) is 6.31. The Morgan fingerprint density at radius 3 is 2.50 bits per heavy atom. The molecular weight excluding hydrogens is 281 g/mol. The van der Waals surface area contributed by atoms with Crippen LogP contribution < -0.4 is 9.57 Å². The molecule has 2 aromatic rings. The van der Waals surface area contributed by atoms with E-state index in [1.54, 1.807) is 6.07 Å². The van der Waals surface area contributed by atoms with Gasteiger partial charge in [0.1, 0.15) is 0 Å². The zero-order valence-corrected chi connectivity index (χ0v) is 11.8. The predicted octanol–water partition coefficient (Wildman–Crippen LogP) is 3.69. The maximum atomic E-state index is 14.3. The monoisotopic (exact) mass is 293 g/mol. The number of ether oxygens (including phenoxy) is 1. The molecule has 1 N–H and O–H groups in total. The van der Waals surface area contributed by atoms with Crippen molar-refractivity contribution in [2.75, 3.05) is 7.11 Å². The summed E-state index contributed by atoms with van der Waals surface area (Å²) >= 11 is 5.23. The Kier molecular flexibility index (Phi) is 4.25. The lowest BCUT2D eigenvalue weighted by Gasteiger charge is -2.13. The lowest BCUT2D eigenvalue weighted by atomic mass is 9.98. The molecule has 0 saturated carbocycles. The Labute approximate surface area is 121 Å². The summed E-state index contributed by atoms with van der Waals surface area (Å²) in [5.74, 6) is -1.41. The van der Waals surface area contributed by atoms with Gasteiger partial charge in [-0.05, 0) is 30.2 Å². The number of carbonyl (C=O) groups is 1. The van der Waals surface area contributed by atoms with Crippen LogP contribution in [0.5, 0.6) is 5.75 Å². The van der Waals surface area contributed by atoms with Gasteiger partial charge in [0.15, 0.2) is 11.6 Å². The molecular formula is C15H13ClFNO2. The number of aryl methyl sites for hydroxylation is 1. The minimum absolute atomic E-state index is 0.0251. The minimum atomic E-state index is -0.730. The summed E-state index contributed by atoms with van der Waals surface area (Å²) < 4.78 is 19.5. The third kappa shape index (κ3) is 2.47. The van der Waals surface area contributed by atoms with E-state index in [-0.39, 0.29) is 11.3 Å². The number of hydrogen-bond donors (Lipinski definition) is 1. The normalized spacial score (nSPS) is 10.2. The molecule has 2 aromatic carbocycles. The highest BCUT2D eigenvalue weighted by molar-refractivity contribution is 6.24. The number of nitrogens with one attached hydrogen (secondary N) is 1. The van der Waals surface area contributed by atoms with E-state index in [0.717, 1.165) is 11.1 Å². The average Bonchev–Trinajstić information content (AvgIpc) is 2.46.